The molecular weight excluding hydrogens is 307 g/mol. The van der Waals surface area contributed by atoms with Crippen LogP contribution in [0.2, 0.25) is 5.02 Å². The number of fused-ring (bicyclic) bond motifs is 1. The van der Waals surface area contributed by atoms with E-state index < -0.39 is 0 Å². The van der Waals surface area contributed by atoms with E-state index in [1.54, 1.807) is 6.07 Å². The van der Waals surface area contributed by atoms with Gasteiger partial charge >= 0.3 is 0 Å². The first-order valence-electron chi connectivity index (χ1n) is 7.16. The third-order valence-corrected chi connectivity index (χ3v) is 5.69. The quantitative estimate of drug-likeness (QED) is 0.658. The van der Waals surface area contributed by atoms with Crippen LogP contribution in [0.1, 0.15) is 34.8 Å². The molecule has 2 unspecified atom stereocenters. The van der Waals surface area contributed by atoms with Gasteiger partial charge in [-0.3, -0.25) is 11.3 Å². The lowest BCUT2D eigenvalue weighted by molar-refractivity contribution is 0.397. The smallest absolute Gasteiger partial charge is 0.142 e. The first-order valence-corrected chi connectivity index (χ1v) is 8.41. The Hall–Kier alpha value is -0.940. The highest BCUT2D eigenvalue weighted by Gasteiger charge is 2.28. The topological polar surface area (TPSA) is 38.0 Å². The molecule has 2 nitrogen and oxygen atoms in total. The highest BCUT2D eigenvalue weighted by molar-refractivity contribution is 7.10. The summed E-state index contributed by atoms with van der Waals surface area (Å²) in [5.74, 6) is 5.78. The zero-order valence-electron chi connectivity index (χ0n) is 11.6. The number of hydrogen-bond acceptors (Lipinski definition) is 3. The summed E-state index contributed by atoms with van der Waals surface area (Å²) in [6, 6.07) is 7.21. The van der Waals surface area contributed by atoms with Gasteiger partial charge in [0.25, 0.3) is 0 Å². The molecule has 1 aliphatic rings. The van der Waals surface area contributed by atoms with E-state index in [2.05, 4.69) is 16.9 Å². The summed E-state index contributed by atoms with van der Waals surface area (Å²) in [4.78, 5) is 1.46. The minimum absolute atomic E-state index is 0.0675. The van der Waals surface area contributed by atoms with Gasteiger partial charge in [0, 0.05) is 16.8 Å². The van der Waals surface area contributed by atoms with Crippen molar-refractivity contribution in [3.63, 3.8) is 0 Å². The van der Waals surface area contributed by atoms with E-state index in [0.29, 0.717) is 12.3 Å². The Balaban J connectivity index is 1.85. The predicted octanol–water partition coefficient (Wildman–Crippen LogP) is 4.04. The maximum Gasteiger partial charge on any atom is 0.142 e. The minimum atomic E-state index is -0.371. The van der Waals surface area contributed by atoms with Crippen LogP contribution in [0.5, 0.6) is 0 Å². The molecule has 0 fully saturated rings. The van der Waals surface area contributed by atoms with Gasteiger partial charge in [0.1, 0.15) is 5.82 Å². The van der Waals surface area contributed by atoms with Gasteiger partial charge < -0.3 is 0 Å². The molecule has 112 valence electrons. The fourth-order valence-corrected chi connectivity index (χ4v) is 4.40. The van der Waals surface area contributed by atoms with Crippen molar-refractivity contribution in [3.8, 4) is 0 Å². The van der Waals surface area contributed by atoms with Crippen LogP contribution in [0.4, 0.5) is 4.39 Å². The largest absolute Gasteiger partial charge is 0.271 e. The Morgan fingerprint density at radius 3 is 3.10 bits per heavy atom. The molecule has 3 rings (SSSR count). The van der Waals surface area contributed by atoms with Crippen LogP contribution < -0.4 is 11.3 Å². The summed E-state index contributed by atoms with van der Waals surface area (Å²) in [5, 5.41) is 2.35. The Kier molecular flexibility index (Phi) is 4.60. The molecule has 0 spiro atoms. The van der Waals surface area contributed by atoms with Gasteiger partial charge in [0.15, 0.2) is 0 Å². The zero-order valence-corrected chi connectivity index (χ0v) is 13.2. The molecule has 1 aliphatic carbocycles. The molecule has 0 aliphatic heterocycles. The fraction of sp³-hybridized carbons (Fsp3) is 0.375. The monoisotopic (exact) mass is 324 g/mol. The molecule has 2 aromatic rings. The molecule has 0 bridgehead atoms. The zero-order chi connectivity index (χ0) is 14.8. The number of thiophene rings is 1. The number of nitrogens with two attached hydrogens (primary N) is 1. The normalized spacial score (nSPS) is 19.3. The third-order valence-electron chi connectivity index (χ3n) is 4.27. The summed E-state index contributed by atoms with van der Waals surface area (Å²) in [6.07, 6.45) is 4.06. The molecule has 2 atom stereocenters. The maximum atomic E-state index is 13.6. The first-order chi connectivity index (χ1) is 10.2. The van der Waals surface area contributed by atoms with Crippen LogP contribution in [-0.4, -0.2) is 6.04 Å². The van der Waals surface area contributed by atoms with E-state index in [0.717, 1.165) is 18.4 Å². The van der Waals surface area contributed by atoms with E-state index in [9.17, 15) is 4.39 Å². The van der Waals surface area contributed by atoms with Crippen LogP contribution in [0.3, 0.4) is 0 Å². The van der Waals surface area contributed by atoms with Crippen molar-refractivity contribution < 1.29 is 4.39 Å². The summed E-state index contributed by atoms with van der Waals surface area (Å²) in [7, 11) is 0. The van der Waals surface area contributed by atoms with Crippen molar-refractivity contribution in [3.05, 3.63) is 56.5 Å². The van der Waals surface area contributed by atoms with Crippen molar-refractivity contribution in [1.29, 1.82) is 0 Å². The van der Waals surface area contributed by atoms with E-state index >= 15 is 0 Å². The van der Waals surface area contributed by atoms with E-state index in [1.807, 2.05) is 17.4 Å². The summed E-state index contributed by atoms with van der Waals surface area (Å²) in [5.41, 5.74) is 5.12. The molecule has 21 heavy (non-hydrogen) atoms. The Morgan fingerprint density at radius 2 is 2.29 bits per heavy atom. The molecule has 1 heterocycles. The van der Waals surface area contributed by atoms with Crippen LogP contribution in [0.25, 0.3) is 0 Å². The average Bonchev–Trinajstić information content (AvgIpc) is 2.97. The average molecular weight is 325 g/mol. The van der Waals surface area contributed by atoms with Crippen molar-refractivity contribution in [1.82, 2.24) is 5.43 Å². The summed E-state index contributed by atoms with van der Waals surface area (Å²) in [6.45, 7) is 0. The van der Waals surface area contributed by atoms with Crippen molar-refractivity contribution >= 4 is 22.9 Å². The van der Waals surface area contributed by atoms with Gasteiger partial charge in [-0.25, -0.2) is 4.39 Å². The molecule has 0 amide bonds. The SMILES string of the molecule is NNC(Cc1cccc(F)c1Cl)C1CCCc2sccc21. The predicted molar refractivity (Wildman–Crippen MR) is 86.2 cm³/mol. The first kappa shape index (κ1) is 15.0. The maximum absolute atomic E-state index is 13.6. The van der Waals surface area contributed by atoms with Crippen LogP contribution in [0, 0.1) is 5.82 Å². The number of nitrogens with one attached hydrogen (secondary N) is 1. The van der Waals surface area contributed by atoms with Gasteiger partial charge in [0.05, 0.1) is 5.02 Å². The molecule has 3 N–H and O–H groups in total. The van der Waals surface area contributed by atoms with Gasteiger partial charge in [-0.2, -0.15) is 0 Å². The van der Waals surface area contributed by atoms with Crippen molar-refractivity contribution in [2.24, 2.45) is 5.84 Å². The highest BCUT2D eigenvalue weighted by atomic mass is 35.5. The van der Waals surface area contributed by atoms with Crippen LogP contribution in [-0.2, 0) is 12.8 Å². The molecule has 0 radical (unpaired) electrons. The number of hydrazine groups is 1. The highest BCUT2D eigenvalue weighted by Crippen LogP contribution is 2.38. The van der Waals surface area contributed by atoms with Gasteiger partial charge in [-0.1, -0.05) is 23.7 Å². The Bertz CT molecular complexity index is 628. The van der Waals surface area contributed by atoms with Crippen molar-refractivity contribution in [2.45, 2.75) is 37.6 Å². The summed E-state index contributed by atoms with van der Waals surface area (Å²) < 4.78 is 13.6. The molecular formula is C16H18ClFN2S. The van der Waals surface area contributed by atoms with E-state index in [4.69, 9.17) is 17.4 Å². The Labute approximate surface area is 133 Å². The fourth-order valence-electron chi connectivity index (χ4n) is 3.20. The number of rotatable bonds is 4. The van der Waals surface area contributed by atoms with Crippen LogP contribution >= 0.6 is 22.9 Å². The molecule has 1 aromatic carbocycles. The lowest BCUT2D eigenvalue weighted by Crippen LogP contribution is -2.42. The second-order valence-corrected chi connectivity index (χ2v) is 6.87. The number of hydrogen-bond donors (Lipinski definition) is 2. The number of benzene rings is 1. The molecule has 5 heteroatoms. The van der Waals surface area contributed by atoms with Gasteiger partial charge in [-0.05, 0) is 54.3 Å². The number of halogens is 2. The minimum Gasteiger partial charge on any atom is -0.271 e. The van der Waals surface area contributed by atoms with Gasteiger partial charge in [0.2, 0.25) is 0 Å². The number of aryl methyl sites for hydroxylation is 1. The van der Waals surface area contributed by atoms with Gasteiger partial charge in [-0.15, -0.1) is 11.3 Å². The molecule has 0 saturated heterocycles. The van der Waals surface area contributed by atoms with Crippen LogP contribution in [0.15, 0.2) is 29.6 Å². The second-order valence-electron chi connectivity index (χ2n) is 5.49. The third kappa shape index (κ3) is 2.99. The molecule has 1 aromatic heterocycles. The lowest BCUT2D eigenvalue weighted by Gasteiger charge is -2.30. The molecule has 0 saturated carbocycles. The van der Waals surface area contributed by atoms with E-state index in [-0.39, 0.29) is 16.9 Å². The van der Waals surface area contributed by atoms with E-state index in [1.165, 1.54) is 22.9 Å². The second kappa shape index (κ2) is 6.44. The lowest BCUT2D eigenvalue weighted by atomic mass is 9.80. The summed E-state index contributed by atoms with van der Waals surface area (Å²) >= 11 is 7.89. The van der Waals surface area contributed by atoms with Crippen molar-refractivity contribution in [2.75, 3.05) is 0 Å². The standard InChI is InChI=1S/C16H18ClFN2S/c17-16-10(3-1-5-13(16)18)9-14(20-19)11-4-2-6-15-12(11)7-8-21-15/h1,3,5,7-8,11,14,20H,2,4,6,9,19H2. The Morgan fingerprint density at radius 1 is 1.43 bits per heavy atom.